The molecule has 16 heavy (non-hydrogen) atoms. The molecule has 2 heteroatoms. The fourth-order valence-corrected chi connectivity index (χ4v) is 3.66. The maximum absolute atomic E-state index is 10.7. The lowest BCUT2D eigenvalue weighted by Crippen LogP contribution is -2.24. The molecule has 90 valence electrons. The van der Waals surface area contributed by atoms with E-state index < -0.39 is 5.60 Å². The van der Waals surface area contributed by atoms with Gasteiger partial charge >= 0.3 is 0 Å². The molecule has 0 radical (unpaired) electrons. The Morgan fingerprint density at radius 3 is 3.00 bits per heavy atom. The topological polar surface area (TPSA) is 20.2 Å². The normalized spacial score (nSPS) is 31.2. The Morgan fingerprint density at radius 1 is 1.44 bits per heavy atom. The number of aliphatic hydroxyl groups is 1. The first-order valence-corrected chi connectivity index (χ1v) is 7.44. The molecule has 1 aromatic heterocycles. The highest BCUT2D eigenvalue weighted by Crippen LogP contribution is 2.39. The molecule has 1 fully saturated rings. The lowest BCUT2D eigenvalue weighted by atomic mass is 9.87. The van der Waals surface area contributed by atoms with Gasteiger partial charge < -0.3 is 5.11 Å². The van der Waals surface area contributed by atoms with E-state index in [1.54, 1.807) is 11.3 Å². The van der Waals surface area contributed by atoms with Gasteiger partial charge in [0.1, 0.15) is 0 Å². The second-order valence-electron chi connectivity index (χ2n) is 5.13. The van der Waals surface area contributed by atoms with Crippen molar-refractivity contribution in [2.24, 2.45) is 5.92 Å². The van der Waals surface area contributed by atoms with E-state index in [0.717, 1.165) is 24.3 Å². The summed E-state index contributed by atoms with van der Waals surface area (Å²) in [6, 6.07) is 2.09. The zero-order valence-corrected chi connectivity index (χ0v) is 10.9. The van der Waals surface area contributed by atoms with Gasteiger partial charge in [-0.25, -0.2) is 0 Å². The van der Waals surface area contributed by atoms with E-state index in [1.165, 1.54) is 32.1 Å². The van der Waals surface area contributed by atoms with Crippen LogP contribution in [0.4, 0.5) is 0 Å². The molecule has 1 aliphatic carbocycles. The molecular formula is C14H22OS. The van der Waals surface area contributed by atoms with Crippen molar-refractivity contribution in [3.63, 3.8) is 0 Å². The summed E-state index contributed by atoms with van der Waals surface area (Å²) in [5.41, 5.74) is 0.623. The van der Waals surface area contributed by atoms with Gasteiger partial charge in [-0.1, -0.05) is 26.2 Å². The van der Waals surface area contributed by atoms with E-state index in [1.807, 2.05) is 0 Å². The maximum Gasteiger partial charge on any atom is 0.0904 e. The quantitative estimate of drug-likeness (QED) is 0.778. The van der Waals surface area contributed by atoms with E-state index in [-0.39, 0.29) is 0 Å². The molecule has 1 N–H and O–H groups in total. The highest BCUT2D eigenvalue weighted by molar-refractivity contribution is 7.08. The van der Waals surface area contributed by atoms with Gasteiger partial charge in [-0.2, -0.15) is 11.3 Å². The third-order valence-corrected chi connectivity index (χ3v) is 4.61. The van der Waals surface area contributed by atoms with Crippen molar-refractivity contribution in [2.45, 2.75) is 57.5 Å². The molecule has 1 nitrogen and oxygen atoms in total. The minimum Gasteiger partial charge on any atom is -0.385 e. The van der Waals surface area contributed by atoms with Crippen molar-refractivity contribution in [1.29, 1.82) is 0 Å². The summed E-state index contributed by atoms with van der Waals surface area (Å²) in [5.74, 6) is 0.845. The number of hydrogen-bond donors (Lipinski definition) is 1. The van der Waals surface area contributed by atoms with E-state index in [0.29, 0.717) is 0 Å². The molecule has 2 rings (SSSR count). The van der Waals surface area contributed by atoms with Crippen molar-refractivity contribution < 1.29 is 5.11 Å². The van der Waals surface area contributed by atoms with Gasteiger partial charge in [-0.05, 0) is 54.0 Å². The minimum absolute atomic E-state index is 0.525. The van der Waals surface area contributed by atoms with Gasteiger partial charge in [0, 0.05) is 0 Å². The fraction of sp³-hybridized carbons (Fsp3) is 0.714. The van der Waals surface area contributed by atoms with Crippen LogP contribution in [0.1, 0.15) is 57.4 Å². The third kappa shape index (κ3) is 2.67. The summed E-state index contributed by atoms with van der Waals surface area (Å²) in [7, 11) is 0. The van der Waals surface area contributed by atoms with Crippen molar-refractivity contribution in [1.82, 2.24) is 0 Å². The molecule has 0 aromatic carbocycles. The van der Waals surface area contributed by atoms with E-state index >= 15 is 0 Å². The van der Waals surface area contributed by atoms with Gasteiger partial charge in [0.05, 0.1) is 5.60 Å². The van der Waals surface area contributed by atoms with Crippen LogP contribution >= 0.6 is 11.3 Å². The molecule has 0 bridgehead atoms. The summed E-state index contributed by atoms with van der Waals surface area (Å²) < 4.78 is 0. The Hall–Kier alpha value is -0.340. The van der Waals surface area contributed by atoms with Crippen LogP contribution in [-0.2, 0) is 5.60 Å². The van der Waals surface area contributed by atoms with Crippen molar-refractivity contribution in [3.05, 3.63) is 22.4 Å². The molecule has 0 spiro atoms. The first-order chi connectivity index (χ1) is 7.74. The van der Waals surface area contributed by atoms with Crippen LogP contribution in [0, 0.1) is 5.92 Å². The third-order valence-electron chi connectivity index (χ3n) is 3.92. The largest absolute Gasteiger partial charge is 0.385 e. The zero-order valence-electron chi connectivity index (χ0n) is 10.1. The molecule has 0 amide bonds. The van der Waals surface area contributed by atoms with Crippen LogP contribution in [0.2, 0.25) is 0 Å². The maximum atomic E-state index is 10.7. The molecular weight excluding hydrogens is 216 g/mol. The molecule has 0 saturated heterocycles. The zero-order chi connectivity index (χ0) is 11.4. The lowest BCUT2D eigenvalue weighted by Gasteiger charge is -2.26. The van der Waals surface area contributed by atoms with Crippen molar-refractivity contribution in [2.75, 3.05) is 0 Å². The van der Waals surface area contributed by atoms with Crippen LogP contribution in [0.5, 0.6) is 0 Å². The number of thiophene rings is 1. The average molecular weight is 238 g/mol. The standard InChI is InChI=1S/C14H22OS/c1-2-4-12-5-3-8-14(15,9-6-12)13-7-10-16-11-13/h7,10-12,15H,2-6,8-9H2,1H3. The van der Waals surface area contributed by atoms with Gasteiger partial charge in [0.25, 0.3) is 0 Å². The molecule has 2 unspecified atom stereocenters. The van der Waals surface area contributed by atoms with Crippen LogP contribution < -0.4 is 0 Å². The minimum atomic E-state index is -0.525. The lowest BCUT2D eigenvalue weighted by molar-refractivity contribution is 0.0200. The predicted molar refractivity (Wildman–Crippen MR) is 69.7 cm³/mol. The summed E-state index contributed by atoms with van der Waals surface area (Å²) in [6.45, 7) is 2.26. The first-order valence-electron chi connectivity index (χ1n) is 6.49. The van der Waals surface area contributed by atoms with Gasteiger partial charge in [0.15, 0.2) is 0 Å². The highest BCUT2D eigenvalue weighted by atomic mass is 32.1. The van der Waals surface area contributed by atoms with E-state index in [4.69, 9.17) is 0 Å². The summed E-state index contributed by atoms with van der Waals surface area (Å²) >= 11 is 1.69. The number of rotatable bonds is 3. The summed E-state index contributed by atoms with van der Waals surface area (Å²) in [4.78, 5) is 0. The average Bonchev–Trinajstić information content (AvgIpc) is 2.74. The van der Waals surface area contributed by atoms with Gasteiger partial charge in [0.2, 0.25) is 0 Å². The molecule has 2 atom stereocenters. The Labute approximate surface area is 103 Å². The summed E-state index contributed by atoms with van der Waals surface area (Å²) in [5, 5.41) is 14.9. The second-order valence-corrected chi connectivity index (χ2v) is 5.91. The van der Waals surface area contributed by atoms with Crippen LogP contribution in [-0.4, -0.2) is 5.11 Å². The monoisotopic (exact) mass is 238 g/mol. The Kier molecular flexibility index (Phi) is 4.04. The second kappa shape index (κ2) is 5.33. The molecule has 1 aliphatic rings. The molecule has 1 aromatic rings. The SMILES string of the molecule is CCCC1CCCC(O)(c2ccsc2)CC1. The molecule has 1 saturated carbocycles. The first kappa shape index (κ1) is 12.1. The fourth-order valence-electron chi connectivity index (χ4n) is 2.91. The van der Waals surface area contributed by atoms with Crippen molar-refractivity contribution in [3.8, 4) is 0 Å². The van der Waals surface area contributed by atoms with Gasteiger partial charge in [-0.3, -0.25) is 0 Å². The highest BCUT2D eigenvalue weighted by Gasteiger charge is 2.32. The van der Waals surface area contributed by atoms with E-state index in [9.17, 15) is 5.11 Å². The number of hydrogen-bond acceptors (Lipinski definition) is 2. The van der Waals surface area contributed by atoms with Crippen LogP contribution in [0.25, 0.3) is 0 Å². The smallest absolute Gasteiger partial charge is 0.0904 e. The Balaban J connectivity index is 2.02. The van der Waals surface area contributed by atoms with Crippen molar-refractivity contribution >= 4 is 11.3 Å². The van der Waals surface area contributed by atoms with Crippen LogP contribution in [0.15, 0.2) is 16.8 Å². The summed E-state index contributed by atoms with van der Waals surface area (Å²) in [6.07, 6.45) is 8.19. The van der Waals surface area contributed by atoms with E-state index in [2.05, 4.69) is 23.8 Å². The molecule has 0 aliphatic heterocycles. The van der Waals surface area contributed by atoms with Gasteiger partial charge in [-0.15, -0.1) is 0 Å². The predicted octanol–water partition coefficient (Wildman–Crippen LogP) is 4.32. The Morgan fingerprint density at radius 2 is 2.31 bits per heavy atom. The molecule has 1 heterocycles. The Bertz CT molecular complexity index is 307. The van der Waals surface area contributed by atoms with Crippen LogP contribution in [0.3, 0.4) is 0 Å².